The fourth-order valence-electron chi connectivity index (χ4n) is 3.02. The molecule has 1 unspecified atom stereocenters. The van der Waals surface area contributed by atoms with Crippen molar-refractivity contribution in [3.05, 3.63) is 59.9 Å². The Morgan fingerprint density at radius 2 is 1.70 bits per heavy atom. The standard InChI is InChI=1S/C20H20FN3O3/c1-13(25)22-16-6-8-17(9-7-16)23-20(27)15-10-19(26)24(12-15)11-14-4-2-3-5-18(14)21/h2-9,15H,10-12H2,1H3,(H,22,25)(H,23,27). The number of likely N-dealkylation sites (tertiary alicyclic amines) is 1. The van der Waals surface area contributed by atoms with Gasteiger partial charge in [-0.25, -0.2) is 4.39 Å². The van der Waals surface area contributed by atoms with Gasteiger partial charge in [-0.15, -0.1) is 0 Å². The van der Waals surface area contributed by atoms with Gasteiger partial charge in [0.1, 0.15) is 5.82 Å². The summed E-state index contributed by atoms with van der Waals surface area (Å²) in [5, 5.41) is 5.42. The van der Waals surface area contributed by atoms with Crippen molar-refractivity contribution in [2.24, 2.45) is 5.92 Å². The molecular weight excluding hydrogens is 349 g/mol. The minimum absolute atomic E-state index is 0.101. The van der Waals surface area contributed by atoms with Crippen molar-refractivity contribution in [1.82, 2.24) is 4.90 Å². The number of carbonyl (C=O) groups excluding carboxylic acids is 3. The first-order valence-corrected chi connectivity index (χ1v) is 8.62. The van der Waals surface area contributed by atoms with Gasteiger partial charge in [-0.2, -0.15) is 0 Å². The quantitative estimate of drug-likeness (QED) is 0.851. The van der Waals surface area contributed by atoms with Crippen molar-refractivity contribution in [1.29, 1.82) is 0 Å². The Morgan fingerprint density at radius 3 is 2.33 bits per heavy atom. The molecule has 2 aromatic rings. The van der Waals surface area contributed by atoms with E-state index in [4.69, 9.17) is 0 Å². The average molecular weight is 369 g/mol. The maximum Gasteiger partial charge on any atom is 0.229 e. The lowest BCUT2D eigenvalue weighted by molar-refractivity contribution is -0.128. The van der Waals surface area contributed by atoms with Crippen molar-refractivity contribution in [2.45, 2.75) is 19.9 Å². The molecule has 1 heterocycles. The first-order chi connectivity index (χ1) is 12.9. The third-order valence-corrected chi connectivity index (χ3v) is 4.38. The van der Waals surface area contributed by atoms with Crippen molar-refractivity contribution in [3.8, 4) is 0 Å². The average Bonchev–Trinajstić information content (AvgIpc) is 2.99. The third kappa shape index (κ3) is 4.69. The summed E-state index contributed by atoms with van der Waals surface area (Å²) in [7, 11) is 0. The summed E-state index contributed by atoms with van der Waals surface area (Å²) in [5.41, 5.74) is 1.64. The van der Waals surface area contributed by atoms with Gasteiger partial charge in [0.15, 0.2) is 0 Å². The van der Waals surface area contributed by atoms with Gasteiger partial charge in [0, 0.05) is 43.4 Å². The molecule has 140 valence electrons. The Hall–Kier alpha value is -3.22. The van der Waals surface area contributed by atoms with Gasteiger partial charge < -0.3 is 15.5 Å². The third-order valence-electron chi connectivity index (χ3n) is 4.38. The fraction of sp³-hybridized carbons (Fsp3) is 0.250. The Balaban J connectivity index is 1.59. The molecule has 6 nitrogen and oxygen atoms in total. The van der Waals surface area contributed by atoms with Crippen LogP contribution in [0.3, 0.4) is 0 Å². The lowest BCUT2D eigenvalue weighted by atomic mass is 10.1. The van der Waals surface area contributed by atoms with E-state index in [1.54, 1.807) is 42.5 Å². The number of nitrogens with zero attached hydrogens (tertiary/aromatic N) is 1. The van der Waals surface area contributed by atoms with E-state index in [9.17, 15) is 18.8 Å². The molecule has 1 fully saturated rings. The predicted molar refractivity (Wildman–Crippen MR) is 99.3 cm³/mol. The van der Waals surface area contributed by atoms with E-state index < -0.39 is 5.92 Å². The number of amides is 3. The molecule has 1 saturated heterocycles. The van der Waals surface area contributed by atoms with E-state index in [1.807, 2.05) is 0 Å². The molecule has 0 spiro atoms. The van der Waals surface area contributed by atoms with Crippen LogP contribution in [0.1, 0.15) is 18.9 Å². The number of rotatable bonds is 5. The molecule has 2 aromatic carbocycles. The van der Waals surface area contributed by atoms with E-state index in [-0.39, 0.29) is 43.0 Å². The number of benzene rings is 2. The molecule has 0 aliphatic carbocycles. The van der Waals surface area contributed by atoms with E-state index in [0.29, 0.717) is 16.9 Å². The van der Waals surface area contributed by atoms with Gasteiger partial charge in [0.2, 0.25) is 17.7 Å². The Bertz CT molecular complexity index is 867. The van der Waals surface area contributed by atoms with Crippen LogP contribution in [0.25, 0.3) is 0 Å². The molecule has 27 heavy (non-hydrogen) atoms. The summed E-state index contributed by atoms with van der Waals surface area (Å²) in [6, 6.07) is 13.0. The Labute approximate surface area is 156 Å². The zero-order chi connectivity index (χ0) is 19.4. The van der Waals surface area contributed by atoms with Crippen molar-refractivity contribution in [3.63, 3.8) is 0 Å². The second-order valence-corrected chi connectivity index (χ2v) is 6.51. The number of halogens is 1. The summed E-state index contributed by atoms with van der Waals surface area (Å²) < 4.78 is 13.8. The Kier molecular flexibility index (Phi) is 5.49. The van der Waals surface area contributed by atoms with E-state index in [0.717, 1.165) is 0 Å². The minimum atomic E-state index is -0.487. The van der Waals surface area contributed by atoms with Crippen LogP contribution < -0.4 is 10.6 Å². The Morgan fingerprint density at radius 1 is 1.07 bits per heavy atom. The van der Waals surface area contributed by atoms with Crippen LogP contribution in [-0.4, -0.2) is 29.2 Å². The van der Waals surface area contributed by atoms with Gasteiger partial charge in [-0.3, -0.25) is 14.4 Å². The molecule has 3 rings (SSSR count). The highest BCUT2D eigenvalue weighted by atomic mass is 19.1. The summed E-state index contributed by atoms with van der Waals surface area (Å²) in [5.74, 6) is -1.45. The highest BCUT2D eigenvalue weighted by molar-refractivity contribution is 5.97. The van der Waals surface area contributed by atoms with Gasteiger partial charge >= 0.3 is 0 Å². The monoisotopic (exact) mass is 369 g/mol. The first-order valence-electron chi connectivity index (χ1n) is 8.62. The number of hydrogen-bond donors (Lipinski definition) is 2. The number of nitrogens with one attached hydrogen (secondary N) is 2. The minimum Gasteiger partial charge on any atom is -0.337 e. The molecule has 2 N–H and O–H groups in total. The lowest BCUT2D eigenvalue weighted by Gasteiger charge is -2.17. The van der Waals surface area contributed by atoms with Crippen LogP contribution in [-0.2, 0) is 20.9 Å². The van der Waals surface area contributed by atoms with Crippen LogP contribution >= 0.6 is 0 Å². The van der Waals surface area contributed by atoms with Crippen LogP contribution in [0, 0.1) is 11.7 Å². The molecule has 1 aliphatic heterocycles. The molecule has 7 heteroatoms. The maximum atomic E-state index is 13.8. The first kappa shape index (κ1) is 18.6. The maximum absolute atomic E-state index is 13.8. The van der Waals surface area contributed by atoms with E-state index in [2.05, 4.69) is 10.6 Å². The largest absolute Gasteiger partial charge is 0.337 e. The summed E-state index contributed by atoms with van der Waals surface area (Å²) in [6.07, 6.45) is 0.101. The summed E-state index contributed by atoms with van der Waals surface area (Å²) >= 11 is 0. The van der Waals surface area contributed by atoms with Crippen LogP contribution in [0.4, 0.5) is 15.8 Å². The topological polar surface area (TPSA) is 78.5 Å². The van der Waals surface area contributed by atoms with E-state index >= 15 is 0 Å². The molecule has 1 aliphatic rings. The number of hydrogen-bond acceptors (Lipinski definition) is 3. The normalized spacial score (nSPS) is 16.3. The smallest absolute Gasteiger partial charge is 0.229 e. The molecule has 1 atom stereocenters. The molecule has 0 bridgehead atoms. The SMILES string of the molecule is CC(=O)Nc1ccc(NC(=O)C2CC(=O)N(Cc3ccccc3F)C2)cc1. The molecular formula is C20H20FN3O3. The lowest BCUT2D eigenvalue weighted by Crippen LogP contribution is -2.28. The second kappa shape index (κ2) is 7.99. The molecule has 3 amide bonds. The van der Waals surface area contributed by atoms with Crippen molar-refractivity contribution in [2.75, 3.05) is 17.2 Å². The highest BCUT2D eigenvalue weighted by Gasteiger charge is 2.34. The molecule has 0 saturated carbocycles. The van der Waals surface area contributed by atoms with Crippen LogP contribution in [0.2, 0.25) is 0 Å². The predicted octanol–water partition coefficient (Wildman–Crippen LogP) is 2.77. The van der Waals surface area contributed by atoms with Crippen LogP contribution in [0.15, 0.2) is 48.5 Å². The number of anilines is 2. The van der Waals surface area contributed by atoms with Gasteiger partial charge in [-0.05, 0) is 30.3 Å². The zero-order valence-electron chi connectivity index (χ0n) is 14.9. The van der Waals surface area contributed by atoms with Crippen molar-refractivity contribution < 1.29 is 18.8 Å². The second-order valence-electron chi connectivity index (χ2n) is 6.51. The van der Waals surface area contributed by atoms with Crippen molar-refractivity contribution >= 4 is 29.1 Å². The molecule has 0 radical (unpaired) electrons. The van der Waals surface area contributed by atoms with Crippen LogP contribution in [0.5, 0.6) is 0 Å². The fourth-order valence-corrected chi connectivity index (χ4v) is 3.02. The highest BCUT2D eigenvalue weighted by Crippen LogP contribution is 2.23. The van der Waals surface area contributed by atoms with Gasteiger partial charge in [0.05, 0.1) is 5.92 Å². The summed E-state index contributed by atoms with van der Waals surface area (Å²) in [6.45, 7) is 1.82. The zero-order valence-corrected chi connectivity index (χ0v) is 14.9. The van der Waals surface area contributed by atoms with E-state index in [1.165, 1.54) is 17.9 Å². The summed E-state index contributed by atoms with van der Waals surface area (Å²) in [4.78, 5) is 37.2. The molecule has 0 aromatic heterocycles. The van der Waals surface area contributed by atoms with Gasteiger partial charge in [0.25, 0.3) is 0 Å². The van der Waals surface area contributed by atoms with Gasteiger partial charge in [-0.1, -0.05) is 18.2 Å². The number of carbonyl (C=O) groups is 3.